The van der Waals surface area contributed by atoms with Crippen LogP contribution >= 0.6 is 0 Å². The smallest absolute Gasteiger partial charge is 0.0196 e. The second-order valence-corrected chi connectivity index (χ2v) is 11.9. The molecule has 0 aliphatic heterocycles. The van der Waals surface area contributed by atoms with Crippen molar-refractivity contribution in [2.45, 2.75) is 20.8 Å². The molecule has 0 saturated heterocycles. The first-order valence-electron chi connectivity index (χ1n) is 15.9. The Kier molecular flexibility index (Phi) is 10.0. The van der Waals surface area contributed by atoms with Gasteiger partial charge in [0.1, 0.15) is 0 Å². The van der Waals surface area contributed by atoms with E-state index in [-0.39, 0.29) is 20.1 Å². The Hall–Kier alpha value is -5.21. The molecule has 1 radical (unpaired) electrons. The predicted octanol–water partition coefficient (Wildman–Crippen LogP) is 11.7. The van der Waals surface area contributed by atoms with Crippen molar-refractivity contribution in [3.05, 3.63) is 181 Å². The summed E-state index contributed by atoms with van der Waals surface area (Å²) in [6.45, 7) is 6.21. The van der Waals surface area contributed by atoms with Gasteiger partial charge in [-0.2, -0.15) is 0 Å². The third-order valence-corrected chi connectivity index (χ3v) is 8.51. The molecule has 235 valence electrons. The second kappa shape index (κ2) is 14.7. The van der Waals surface area contributed by atoms with Crippen LogP contribution in [0.4, 0.5) is 0 Å². The zero-order valence-electron chi connectivity index (χ0n) is 27.2. The Balaban J connectivity index is 0.000000171. The van der Waals surface area contributed by atoms with Crippen molar-refractivity contribution in [1.29, 1.82) is 0 Å². The largest absolute Gasteiger partial charge is 0.304 e. The summed E-state index contributed by atoms with van der Waals surface area (Å²) in [4.78, 5) is 9.04. The summed E-state index contributed by atoms with van der Waals surface area (Å²) in [5.41, 5.74) is 12.4. The maximum atomic E-state index is 4.53. The molecule has 0 saturated carbocycles. The molecule has 2 heterocycles. The third kappa shape index (κ3) is 7.04. The minimum absolute atomic E-state index is 0. The second-order valence-electron chi connectivity index (χ2n) is 11.9. The zero-order chi connectivity index (χ0) is 32.2. The van der Waals surface area contributed by atoms with Crippen LogP contribution < -0.4 is 0 Å². The summed E-state index contributed by atoms with van der Waals surface area (Å²) in [5.74, 6) is 0. The Morgan fingerprint density at radius 3 is 1.81 bits per heavy atom. The summed E-state index contributed by atoms with van der Waals surface area (Å²) >= 11 is 0. The van der Waals surface area contributed by atoms with Gasteiger partial charge >= 0.3 is 0 Å². The van der Waals surface area contributed by atoms with E-state index < -0.39 is 0 Å². The van der Waals surface area contributed by atoms with Crippen LogP contribution in [-0.2, 0) is 20.1 Å². The predicted molar refractivity (Wildman–Crippen MR) is 197 cm³/mol. The molecule has 8 rings (SSSR count). The summed E-state index contributed by atoms with van der Waals surface area (Å²) in [6.07, 6.45) is 3.83. The SMILES string of the molecule is Cc1c[c-]c(-c2cc(-c3ccccc3)c(C)cn2)cc1.Cc1ccc(-c2[c-]cc(-c3cc4ccccc4c4ccccc34)cc2)nc1.[Ir]. The van der Waals surface area contributed by atoms with E-state index in [9.17, 15) is 0 Å². The average molecular weight is 795 g/mol. The van der Waals surface area contributed by atoms with E-state index in [0.717, 1.165) is 28.1 Å². The summed E-state index contributed by atoms with van der Waals surface area (Å²) in [6, 6.07) is 55.4. The van der Waals surface area contributed by atoms with Crippen LogP contribution in [-0.4, -0.2) is 9.97 Å². The molecule has 0 aliphatic rings. The van der Waals surface area contributed by atoms with E-state index in [2.05, 4.69) is 164 Å². The fourth-order valence-electron chi connectivity index (χ4n) is 5.93. The Labute approximate surface area is 296 Å². The van der Waals surface area contributed by atoms with Crippen molar-refractivity contribution in [1.82, 2.24) is 9.97 Å². The monoisotopic (exact) mass is 795 g/mol. The molecule has 0 aliphatic carbocycles. The first-order valence-corrected chi connectivity index (χ1v) is 15.9. The third-order valence-electron chi connectivity index (χ3n) is 8.51. The van der Waals surface area contributed by atoms with Crippen LogP contribution in [0, 0.1) is 32.9 Å². The van der Waals surface area contributed by atoms with Crippen molar-refractivity contribution in [3.8, 4) is 44.8 Å². The number of aromatic nitrogens is 2. The molecule has 0 atom stereocenters. The summed E-state index contributed by atoms with van der Waals surface area (Å²) in [7, 11) is 0. The molecule has 48 heavy (non-hydrogen) atoms. The molecule has 3 heteroatoms. The molecule has 0 fully saturated rings. The molecule has 6 aromatic carbocycles. The molecule has 0 spiro atoms. The topological polar surface area (TPSA) is 25.8 Å². The minimum Gasteiger partial charge on any atom is -0.304 e. The number of fused-ring (bicyclic) bond motifs is 3. The van der Waals surface area contributed by atoms with Gasteiger partial charge < -0.3 is 9.97 Å². The van der Waals surface area contributed by atoms with E-state index in [1.54, 1.807) is 0 Å². The van der Waals surface area contributed by atoms with Gasteiger partial charge in [-0.3, -0.25) is 0 Å². The zero-order valence-corrected chi connectivity index (χ0v) is 29.6. The van der Waals surface area contributed by atoms with Crippen LogP contribution in [0.3, 0.4) is 0 Å². The number of hydrogen-bond donors (Lipinski definition) is 0. The Morgan fingerprint density at radius 2 is 1.10 bits per heavy atom. The molecule has 0 amide bonds. The van der Waals surface area contributed by atoms with Gasteiger partial charge in [0.05, 0.1) is 0 Å². The molecular weight excluding hydrogens is 761 g/mol. The molecule has 0 bridgehead atoms. The standard InChI is InChI=1S/C26H18N.C19H16N.Ir/c1-18-10-15-26(27-17-18)20-13-11-19(12-14-20)25-16-21-6-2-3-7-22(21)23-8-4-5-9-24(23)25;1-14-8-10-17(11-9-14)19-12-18(15(2)13-20-19)16-6-4-3-5-7-16;/h2-13,15-17H,1H3;3-10,12-13H,1-2H3;/q2*-1;. The van der Waals surface area contributed by atoms with Gasteiger partial charge in [0.2, 0.25) is 0 Å². The summed E-state index contributed by atoms with van der Waals surface area (Å²) in [5, 5.41) is 5.11. The molecule has 2 aromatic heterocycles. The number of benzene rings is 6. The van der Waals surface area contributed by atoms with Gasteiger partial charge in [-0.15, -0.1) is 65.2 Å². The van der Waals surface area contributed by atoms with Crippen molar-refractivity contribution in [2.75, 3.05) is 0 Å². The normalized spacial score (nSPS) is 10.6. The van der Waals surface area contributed by atoms with Gasteiger partial charge in [-0.05, 0) is 69.0 Å². The quantitative estimate of drug-likeness (QED) is 0.131. The molecule has 0 N–H and O–H groups in total. The van der Waals surface area contributed by atoms with Gasteiger partial charge in [0.15, 0.2) is 0 Å². The fourth-order valence-corrected chi connectivity index (χ4v) is 5.93. The van der Waals surface area contributed by atoms with Crippen LogP contribution in [0.15, 0.2) is 152 Å². The van der Waals surface area contributed by atoms with Crippen LogP contribution in [0.5, 0.6) is 0 Å². The number of hydrogen-bond acceptors (Lipinski definition) is 2. The Morgan fingerprint density at radius 1 is 0.458 bits per heavy atom. The van der Waals surface area contributed by atoms with Crippen molar-refractivity contribution in [3.63, 3.8) is 0 Å². The van der Waals surface area contributed by atoms with Crippen LogP contribution in [0.25, 0.3) is 66.3 Å². The van der Waals surface area contributed by atoms with E-state index >= 15 is 0 Å². The van der Waals surface area contributed by atoms with Gasteiger partial charge in [-0.25, -0.2) is 0 Å². The molecular formula is C45H34IrN2-2. The number of pyridine rings is 2. The Bertz CT molecular complexity index is 2290. The fraction of sp³-hybridized carbons (Fsp3) is 0.0667. The van der Waals surface area contributed by atoms with E-state index in [0.29, 0.717) is 0 Å². The minimum atomic E-state index is 0. The molecule has 2 nitrogen and oxygen atoms in total. The first kappa shape index (κ1) is 32.7. The maximum Gasteiger partial charge on any atom is 0.0196 e. The van der Waals surface area contributed by atoms with Crippen LogP contribution in [0.1, 0.15) is 16.7 Å². The summed E-state index contributed by atoms with van der Waals surface area (Å²) < 4.78 is 0. The number of aryl methyl sites for hydroxylation is 3. The van der Waals surface area contributed by atoms with E-state index in [4.69, 9.17) is 0 Å². The molecule has 8 aromatic rings. The van der Waals surface area contributed by atoms with Crippen LogP contribution in [0.2, 0.25) is 0 Å². The van der Waals surface area contributed by atoms with E-state index in [1.165, 1.54) is 54.9 Å². The number of nitrogens with zero attached hydrogens (tertiary/aromatic N) is 2. The van der Waals surface area contributed by atoms with Gasteiger partial charge in [0, 0.05) is 32.5 Å². The molecule has 0 unspecified atom stereocenters. The van der Waals surface area contributed by atoms with E-state index in [1.807, 2.05) is 30.6 Å². The van der Waals surface area contributed by atoms with Crippen molar-refractivity contribution >= 4 is 21.5 Å². The van der Waals surface area contributed by atoms with Gasteiger partial charge in [0.25, 0.3) is 0 Å². The number of rotatable bonds is 4. The average Bonchev–Trinajstić information content (AvgIpc) is 3.13. The van der Waals surface area contributed by atoms with Crippen molar-refractivity contribution in [2.24, 2.45) is 0 Å². The maximum absolute atomic E-state index is 4.53. The van der Waals surface area contributed by atoms with Gasteiger partial charge in [-0.1, -0.05) is 121 Å². The van der Waals surface area contributed by atoms with Crippen molar-refractivity contribution < 1.29 is 20.1 Å². The first-order chi connectivity index (χ1) is 23.0.